The molecule has 2 fully saturated rings. The molecule has 142 valence electrons. The summed E-state index contributed by atoms with van der Waals surface area (Å²) in [6.45, 7) is 0. The Balaban J connectivity index is 1.73. The Hall–Kier alpha value is -2.50. The van der Waals surface area contributed by atoms with Gasteiger partial charge >= 0.3 is 5.97 Å². The smallest absolute Gasteiger partial charge is 0.312 e. The quantitative estimate of drug-likeness (QED) is 0.767. The average molecular weight is 369 g/mol. The third-order valence-electron chi connectivity index (χ3n) is 6.94. The second-order valence-electron chi connectivity index (χ2n) is 7.89. The summed E-state index contributed by atoms with van der Waals surface area (Å²) in [5.74, 6) is 1.87. The van der Waals surface area contributed by atoms with Crippen LogP contribution >= 0.6 is 0 Å². The molecule has 1 amide bonds. The maximum absolute atomic E-state index is 13.0. The van der Waals surface area contributed by atoms with E-state index in [2.05, 4.69) is 0 Å². The molecular formula is C21H23NO5. The Morgan fingerprint density at radius 3 is 2.56 bits per heavy atom. The van der Waals surface area contributed by atoms with E-state index in [1.54, 1.807) is 14.2 Å². The third kappa shape index (κ3) is 2.07. The van der Waals surface area contributed by atoms with Crippen molar-refractivity contribution in [2.75, 3.05) is 26.2 Å². The highest BCUT2D eigenvalue weighted by Gasteiger charge is 2.58. The van der Waals surface area contributed by atoms with Crippen LogP contribution in [0.4, 0.5) is 5.69 Å². The SMILES string of the molecule is COC(=O)[C@@H]1C=C2c3cc(OC)c(OC)cc3N3C(=O)C[C@H]4CC[C@@H]1[C@H]4[C@H]23. The van der Waals surface area contributed by atoms with Gasteiger partial charge in [-0.05, 0) is 42.2 Å². The van der Waals surface area contributed by atoms with Gasteiger partial charge in [0.05, 0.1) is 39.0 Å². The molecule has 2 heterocycles. The molecule has 6 nitrogen and oxygen atoms in total. The molecule has 5 rings (SSSR count). The third-order valence-corrected chi connectivity index (χ3v) is 6.94. The summed E-state index contributed by atoms with van der Waals surface area (Å²) in [4.78, 5) is 27.5. The number of hydrogen-bond acceptors (Lipinski definition) is 5. The summed E-state index contributed by atoms with van der Waals surface area (Å²) in [5.41, 5.74) is 2.89. The van der Waals surface area contributed by atoms with Crippen molar-refractivity contribution in [3.05, 3.63) is 23.8 Å². The molecule has 0 unspecified atom stereocenters. The molecule has 0 aromatic heterocycles. The summed E-state index contributed by atoms with van der Waals surface area (Å²) in [6.07, 6.45) is 4.57. The van der Waals surface area contributed by atoms with Gasteiger partial charge in [0.2, 0.25) is 5.91 Å². The Labute approximate surface area is 158 Å². The second kappa shape index (κ2) is 5.75. The largest absolute Gasteiger partial charge is 0.493 e. The number of hydrogen-bond donors (Lipinski definition) is 0. The average Bonchev–Trinajstić information content (AvgIpc) is 3.24. The van der Waals surface area contributed by atoms with E-state index < -0.39 is 0 Å². The number of carbonyl (C=O) groups is 2. The van der Waals surface area contributed by atoms with Gasteiger partial charge in [-0.15, -0.1) is 0 Å². The van der Waals surface area contributed by atoms with Crippen molar-refractivity contribution in [2.45, 2.75) is 25.3 Å². The Bertz CT molecular complexity index is 876. The zero-order chi connectivity index (χ0) is 18.9. The summed E-state index contributed by atoms with van der Waals surface area (Å²) in [7, 11) is 4.65. The molecule has 0 radical (unpaired) electrons. The lowest BCUT2D eigenvalue weighted by molar-refractivity contribution is -0.146. The highest BCUT2D eigenvalue weighted by atomic mass is 16.5. The summed E-state index contributed by atoms with van der Waals surface area (Å²) in [5, 5.41) is 0. The predicted molar refractivity (Wildman–Crippen MR) is 98.6 cm³/mol. The summed E-state index contributed by atoms with van der Waals surface area (Å²) >= 11 is 0. The van der Waals surface area contributed by atoms with Crippen molar-refractivity contribution >= 4 is 23.1 Å². The normalized spacial score (nSPS) is 32.6. The van der Waals surface area contributed by atoms with E-state index in [4.69, 9.17) is 14.2 Å². The van der Waals surface area contributed by atoms with Crippen LogP contribution in [0.25, 0.3) is 5.57 Å². The zero-order valence-electron chi connectivity index (χ0n) is 15.7. The summed E-state index contributed by atoms with van der Waals surface area (Å²) in [6, 6.07) is 3.84. The van der Waals surface area contributed by atoms with Gasteiger partial charge in [0, 0.05) is 18.1 Å². The van der Waals surface area contributed by atoms with Crippen LogP contribution in [0.15, 0.2) is 18.2 Å². The van der Waals surface area contributed by atoms with Crippen LogP contribution in [0.2, 0.25) is 0 Å². The zero-order valence-corrected chi connectivity index (χ0v) is 15.7. The lowest BCUT2D eigenvalue weighted by Gasteiger charge is -2.45. The van der Waals surface area contributed by atoms with Gasteiger partial charge < -0.3 is 19.1 Å². The number of fused-ring (bicyclic) bond motifs is 3. The number of carbonyl (C=O) groups excluding carboxylic acids is 2. The van der Waals surface area contributed by atoms with Crippen molar-refractivity contribution in [3.63, 3.8) is 0 Å². The molecule has 27 heavy (non-hydrogen) atoms. The minimum Gasteiger partial charge on any atom is -0.493 e. The first-order chi connectivity index (χ1) is 13.1. The molecule has 1 aromatic carbocycles. The maximum atomic E-state index is 13.0. The first-order valence-electron chi connectivity index (χ1n) is 9.47. The number of nitrogens with zero attached hydrogens (tertiary/aromatic N) is 1. The number of amides is 1. The van der Waals surface area contributed by atoms with Gasteiger partial charge in [-0.2, -0.15) is 0 Å². The molecule has 1 saturated heterocycles. The fraction of sp³-hybridized carbons (Fsp3) is 0.524. The highest BCUT2D eigenvalue weighted by Crippen LogP contribution is 2.60. The lowest BCUT2D eigenvalue weighted by atomic mass is 9.67. The van der Waals surface area contributed by atoms with Crippen molar-refractivity contribution in [1.29, 1.82) is 0 Å². The van der Waals surface area contributed by atoms with E-state index in [1.807, 2.05) is 23.1 Å². The number of anilines is 1. The van der Waals surface area contributed by atoms with Gasteiger partial charge in [0.1, 0.15) is 0 Å². The Kier molecular flexibility index (Phi) is 3.55. The molecule has 6 heteroatoms. The van der Waals surface area contributed by atoms with Gasteiger partial charge in [0.15, 0.2) is 11.5 Å². The van der Waals surface area contributed by atoms with E-state index in [1.165, 1.54) is 7.11 Å². The second-order valence-corrected chi connectivity index (χ2v) is 7.89. The predicted octanol–water partition coefficient (Wildman–Crippen LogP) is 2.65. The van der Waals surface area contributed by atoms with Crippen LogP contribution in [-0.2, 0) is 14.3 Å². The minimum absolute atomic E-state index is 0.0106. The van der Waals surface area contributed by atoms with Crippen LogP contribution < -0.4 is 14.4 Å². The summed E-state index contributed by atoms with van der Waals surface area (Å²) < 4.78 is 16.1. The van der Waals surface area contributed by atoms with Crippen LogP contribution in [0.1, 0.15) is 24.8 Å². The monoisotopic (exact) mass is 369 g/mol. The lowest BCUT2D eigenvalue weighted by Crippen LogP contribution is -2.53. The van der Waals surface area contributed by atoms with Gasteiger partial charge in [-0.25, -0.2) is 0 Å². The van der Waals surface area contributed by atoms with E-state index in [-0.39, 0.29) is 29.8 Å². The number of esters is 1. The maximum Gasteiger partial charge on any atom is 0.312 e. The van der Waals surface area contributed by atoms with Crippen molar-refractivity contribution in [3.8, 4) is 11.5 Å². The van der Waals surface area contributed by atoms with Gasteiger partial charge in [0.25, 0.3) is 0 Å². The first-order valence-corrected chi connectivity index (χ1v) is 9.47. The van der Waals surface area contributed by atoms with Crippen molar-refractivity contribution in [1.82, 2.24) is 0 Å². The van der Waals surface area contributed by atoms with Crippen LogP contribution in [0, 0.1) is 23.7 Å². The van der Waals surface area contributed by atoms with E-state index >= 15 is 0 Å². The van der Waals surface area contributed by atoms with Gasteiger partial charge in [-0.1, -0.05) is 6.08 Å². The van der Waals surface area contributed by atoms with Crippen molar-refractivity contribution in [2.24, 2.45) is 23.7 Å². The van der Waals surface area contributed by atoms with Crippen molar-refractivity contribution < 1.29 is 23.8 Å². The fourth-order valence-electron chi connectivity index (χ4n) is 5.91. The molecule has 5 atom stereocenters. The molecular weight excluding hydrogens is 346 g/mol. The number of ether oxygens (including phenoxy) is 3. The Morgan fingerprint density at radius 1 is 1.11 bits per heavy atom. The molecule has 1 aromatic rings. The fourth-order valence-corrected chi connectivity index (χ4v) is 5.91. The molecule has 2 aliphatic heterocycles. The molecule has 0 bridgehead atoms. The topological polar surface area (TPSA) is 65.1 Å². The van der Waals surface area contributed by atoms with E-state index in [0.717, 1.165) is 29.7 Å². The molecule has 4 aliphatic rings. The number of methoxy groups -OCH3 is 3. The number of rotatable bonds is 3. The van der Waals surface area contributed by atoms with Crippen LogP contribution in [0.3, 0.4) is 0 Å². The standard InChI is InChI=1S/C21H23NO5/c1-25-16-8-12-13-7-14(21(24)27-3)11-5-4-10-6-18(23)22(20(13)19(10)11)15(12)9-17(16)26-2/h7-11,14,19-20H,4-6H2,1-3H3/t10-,11+,14-,19+,20+/m1/s1. The molecule has 0 spiro atoms. The van der Waals surface area contributed by atoms with E-state index in [0.29, 0.717) is 29.8 Å². The van der Waals surface area contributed by atoms with Crippen LogP contribution in [-0.4, -0.2) is 39.2 Å². The van der Waals surface area contributed by atoms with Crippen LogP contribution in [0.5, 0.6) is 11.5 Å². The van der Waals surface area contributed by atoms with E-state index in [9.17, 15) is 9.59 Å². The first kappa shape index (κ1) is 16.7. The number of benzene rings is 1. The molecule has 0 N–H and O–H groups in total. The molecule has 2 aliphatic carbocycles. The highest BCUT2D eigenvalue weighted by molar-refractivity contribution is 6.07. The minimum atomic E-state index is -0.245. The van der Waals surface area contributed by atoms with Gasteiger partial charge in [-0.3, -0.25) is 9.59 Å². The molecule has 1 saturated carbocycles. The Morgan fingerprint density at radius 2 is 1.85 bits per heavy atom. The number of piperidine rings is 1.